The molecule has 1 aliphatic rings. The molecule has 0 bridgehead atoms. The lowest BCUT2D eigenvalue weighted by molar-refractivity contribution is -0.187. The fourth-order valence-electron chi connectivity index (χ4n) is 3.09. The largest absolute Gasteiger partial charge is 0.481 e. The number of carboxylic acid groups (broad SMARTS) is 1. The van der Waals surface area contributed by atoms with Crippen molar-refractivity contribution in [3.63, 3.8) is 0 Å². The quantitative estimate of drug-likeness (QED) is 0.847. The van der Waals surface area contributed by atoms with Crippen LogP contribution >= 0.6 is 0 Å². The minimum Gasteiger partial charge on any atom is -0.481 e. The van der Waals surface area contributed by atoms with Crippen LogP contribution in [0, 0.1) is 11.8 Å². The summed E-state index contributed by atoms with van der Waals surface area (Å²) < 4.78 is 39.1. The van der Waals surface area contributed by atoms with Crippen LogP contribution in [-0.2, 0) is 4.79 Å². The molecule has 0 radical (unpaired) electrons. The molecule has 1 aromatic carbocycles. The van der Waals surface area contributed by atoms with Crippen molar-refractivity contribution in [1.29, 1.82) is 0 Å². The van der Waals surface area contributed by atoms with E-state index in [0.29, 0.717) is 6.42 Å². The number of urea groups is 1. The lowest BCUT2D eigenvalue weighted by Gasteiger charge is -2.24. The minimum absolute atomic E-state index is 0.327. The van der Waals surface area contributed by atoms with Gasteiger partial charge in [-0.3, -0.25) is 4.79 Å². The Kier molecular flexibility index (Phi) is 5.92. The average molecular weight is 358 g/mol. The average Bonchev–Trinajstić information content (AvgIpc) is 3.01. The molecule has 1 saturated heterocycles. The van der Waals surface area contributed by atoms with Gasteiger partial charge < -0.3 is 15.3 Å². The number of hydrogen-bond acceptors (Lipinski definition) is 2. The minimum atomic E-state index is -4.65. The number of carbonyl (C=O) groups excluding carboxylic acids is 1. The second kappa shape index (κ2) is 7.76. The van der Waals surface area contributed by atoms with Gasteiger partial charge in [-0.15, -0.1) is 0 Å². The molecular weight excluding hydrogens is 337 g/mol. The Morgan fingerprint density at radius 3 is 2.40 bits per heavy atom. The number of carboxylic acids is 1. The highest BCUT2D eigenvalue weighted by atomic mass is 19.4. The number of nitrogens with one attached hydrogen (secondary N) is 1. The van der Waals surface area contributed by atoms with Gasteiger partial charge in [-0.1, -0.05) is 43.7 Å². The van der Waals surface area contributed by atoms with Crippen molar-refractivity contribution in [3.05, 3.63) is 35.9 Å². The molecule has 0 aromatic heterocycles. The molecule has 0 aliphatic carbocycles. The molecule has 2 rings (SSSR count). The van der Waals surface area contributed by atoms with E-state index in [2.05, 4.69) is 5.32 Å². The molecule has 5 nitrogen and oxygen atoms in total. The normalized spacial score (nSPS) is 21.8. The number of alkyl halides is 3. The molecule has 8 heteroatoms. The summed E-state index contributed by atoms with van der Waals surface area (Å²) in [4.78, 5) is 24.5. The van der Waals surface area contributed by atoms with E-state index in [1.807, 2.05) is 37.3 Å². The molecule has 0 spiro atoms. The fourth-order valence-corrected chi connectivity index (χ4v) is 3.09. The van der Waals surface area contributed by atoms with E-state index in [-0.39, 0.29) is 6.04 Å². The molecule has 1 aliphatic heterocycles. The number of amides is 2. The van der Waals surface area contributed by atoms with Crippen molar-refractivity contribution in [2.24, 2.45) is 11.8 Å². The number of likely N-dealkylation sites (tertiary alicyclic amines) is 1. The van der Waals surface area contributed by atoms with E-state index in [0.717, 1.165) is 16.9 Å². The second-order valence-corrected chi connectivity index (χ2v) is 6.20. The SMILES string of the molecule is CCCC(NC(=O)N1C[C@@H](C(F)(F)F)[C@H](C(=O)O)C1)c1ccccc1. The zero-order valence-corrected chi connectivity index (χ0v) is 13.8. The van der Waals surface area contributed by atoms with Crippen LogP contribution in [0.3, 0.4) is 0 Å². The van der Waals surface area contributed by atoms with Gasteiger partial charge in [0.2, 0.25) is 0 Å². The Hall–Kier alpha value is -2.25. The van der Waals surface area contributed by atoms with Crippen LogP contribution in [0.2, 0.25) is 0 Å². The van der Waals surface area contributed by atoms with Crippen molar-refractivity contribution < 1.29 is 27.9 Å². The molecule has 1 unspecified atom stereocenters. The third-order valence-corrected chi connectivity index (χ3v) is 4.42. The fraction of sp³-hybridized carbons (Fsp3) is 0.529. The number of rotatable bonds is 5. The molecule has 2 amide bonds. The first kappa shape index (κ1) is 19.1. The van der Waals surface area contributed by atoms with Gasteiger partial charge in [-0.2, -0.15) is 13.2 Å². The summed E-state index contributed by atoms with van der Waals surface area (Å²) in [5.41, 5.74) is 0.860. The van der Waals surface area contributed by atoms with Crippen molar-refractivity contribution in [1.82, 2.24) is 10.2 Å². The lowest BCUT2D eigenvalue weighted by atomic mass is 9.96. The zero-order valence-electron chi connectivity index (χ0n) is 13.8. The standard InChI is InChI=1S/C17H21F3N2O3/c1-2-6-14(11-7-4-3-5-8-11)21-16(25)22-9-12(15(23)24)13(10-22)17(18,19)20/h3-5,7-8,12-14H,2,6,9-10H2,1H3,(H,21,25)(H,23,24)/t12-,13-,14?/m1/s1. The van der Waals surface area contributed by atoms with Crippen LogP contribution in [0.4, 0.5) is 18.0 Å². The monoisotopic (exact) mass is 358 g/mol. The lowest BCUT2D eigenvalue weighted by Crippen LogP contribution is -2.41. The predicted molar refractivity (Wildman–Crippen MR) is 84.9 cm³/mol. The first-order chi connectivity index (χ1) is 11.7. The highest BCUT2D eigenvalue weighted by molar-refractivity contribution is 5.78. The van der Waals surface area contributed by atoms with Gasteiger partial charge in [-0.05, 0) is 12.0 Å². The Morgan fingerprint density at radius 2 is 1.92 bits per heavy atom. The van der Waals surface area contributed by atoms with Gasteiger partial charge in [-0.25, -0.2) is 4.79 Å². The summed E-state index contributed by atoms with van der Waals surface area (Å²) in [6, 6.07) is 8.15. The number of nitrogens with zero attached hydrogens (tertiary/aromatic N) is 1. The highest BCUT2D eigenvalue weighted by Gasteiger charge is 2.53. The Bertz CT molecular complexity index is 607. The van der Waals surface area contributed by atoms with Gasteiger partial charge in [0.05, 0.1) is 17.9 Å². The van der Waals surface area contributed by atoms with Gasteiger partial charge in [0.1, 0.15) is 0 Å². The van der Waals surface area contributed by atoms with Gasteiger partial charge >= 0.3 is 18.2 Å². The summed E-state index contributed by atoms with van der Waals surface area (Å²) in [5, 5.41) is 11.8. The smallest absolute Gasteiger partial charge is 0.394 e. The molecule has 138 valence electrons. The molecule has 1 aromatic rings. The third-order valence-electron chi connectivity index (χ3n) is 4.42. The first-order valence-electron chi connectivity index (χ1n) is 8.14. The van der Waals surface area contributed by atoms with Crippen LogP contribution in [0.5, 0.6) is 0 Å². The molecule has 1 fully saturated rings. The maximum absolute atomic E-state index is 13.0. The number of aliphatic carboxylic acids is 1. The summed E-state index contributed by atoms with van der Waals surface area (Å²) in [6.45, 7) is 0.858. The maximum atomic E-state index is 13.0. The Labute approximate surface area is 143 Å². The van der Waals surface area contributed by atoms with Gasteiger partial charge in [0.25, 0.3) is 0 Å². The molecule has 2 N–H and O–H groups in total. The van der Waals surface area contributed by atoms with Crippen molar-refractivity contribution in [2.75, 3.05) is 13.1 Å². The Balaban J connectivity index is 2.10. The van der Waals surface area contributed by atoms with Crippen molar-refractivity contribution in [3.8, 4) is 0 Å². The van der Waals surface area contributed by atoms with Crippen LogP contribution in [-0.4, -0.2) is 41.3 Å². The third kappa shape index (κ3) is 4.64. The number of hydrogen-bond donors (Lipinski definition) is 2. The molecule has 25 heavy (non-hydrogen) atoms. The van der Waals surface area contributed by atoms with Gasteiger partial charge in [0, 0.05) is 13.1 Å². The molecular formula is C17H21F3N2O3. The predicted octanol–water partition coefficient (Wildman–Crippen LogP) is 3.43. The van der Waals surface area contributed by atoms with E-state index in [1.54, 1.807) is 0 Å². The van der Waals surface area contributed by atoms with Crippen molar-refractivity contribution >= 4 is 12.0 Å². The van der Waals surface area contributed by atoms with Crippen LogP contribution in [0.25, 0.3) is 0 Å². The van der Waals surface area contributed by atoms with E-state index in [1.165, 1.54) is 0 Å². The number of halogens is 3. The second-order valence-electron chi connectivity index (χ2n) is 6.20. The summed E-state index contributed by atoms with van der Waals surface area (Å²) >= 11 is 0. The maximum Gasteiger partial charge on any atom is 0.394 e. The number of carbonyl (C=O) groups is 2. The highest BCUT2D eigenvalue weighted by Crippen LogP contribution is 2.37. The molecule has 0 saturated carbocycles. The van der Waals surface area contributed by atoms with E-state index >= 15 is 0 Å². The first-order valence-corrected chi connectivity index (χ1v) is 8.14. The zero-order chi connectivity index (χ0) is 18.6. The number of benzene rings is 1. The Morgan fingerprint density at radius 1 is 1.28 bits per heavy atom. The topological polar surface area (TPSA) is 69.6 Å². The van der Waals surface area contributed by atoms with Crippen molar-refractivity contribution in [2.45, 2.75) is 32.0 Å². The van der Waals surface area contributed by atoms with Crippen LogP contribution < -0.4 is 5.32 Å². The summed E-state index contributed by atoms with van der Waals surface area (Å²) in [7, 11) is 0. The van der Waals surface area contributed by atoms with Crippen LogP contribution in [0.15, 0.2) is 30.3 Å². The van der Waals surface area contributed by atoms with Crippen LogP contribution in [0.1, 0.15) is 31.4 Å². The van der Waals surface area contributed by atoms with Gasteiger partial charge in [0.15, 0.2) is 0 Å². The molecule has 3 atom stereocenters. The van der Waals surface area contributed by atoms with E-state index < -0.39 is 43.1 Å². The van der Waals surface area contributed by atoms with E-state index in [4.69, 9.17) is 5.11 Å². The summed E-state index contributed by atoms with van der Waals surface area (Å²) in [5.74, 6) is -5.21. The molecule has 1 heterocycles. The summed E-state index contributed by atoms with van der Waals surface area (Å²) in [6.07, 6.45) is -3.24. The van der Waals surface area contributed by atoms with E-state index in [9.17, 15) is 22.8 Å².